The van der Waals surface area contributed by atoms with Crippen molar-refractivity contribution in [2.75, 3.05) is 26.7 Å². The molecule has 1 heterocycles. The second-order valence-corrected chi connectivity index (χ2v) is 5.86. The third-order valence-electron chi connectivity index (χ3n) is 3.46. The maximum absolute atomic E-state index is 13.7. The maximum atomic E-state index is 13.7. The normalized spacial score (nSPS) is 19.5. The minimum absolute atomic E-state index is 0.152. The fourth-order valence-electron chi connectivity index (χ4n) is 2.54. The Hall–Kier alpha value is -0.940. The van der Waals surface area contributed by atoms with E-state index in [0.717, 1.165) is 23.9 Å². The van der Waals surface area contributed by atoms with Crippen LogP contribution in [0.15, 0.2) is 22.7 Å². The van der Waals surface area contributed by atoms with Crippen molar-refractivity contribution in [3.63, 3.8) is 0 Å². The fraction of sp³-hybridized carbons (Fsp3) is 0.500. The van der Waals surface area contributed by atoms with Gasteiger partial charge in [0.15, 0.2) is 0 Å². The minimum Gasteiger partial charge on any atom is -0.338 e. The van der Waals surface area contributed by atoms with E-state index in [0.29, 0.717) is 19.0 Å². The first-order valence-electron chi connectivity index (χ1n) is 6.50. The number of piperidine rings is 1. The van der Waals surface area contributed by atoms with Crippen molar-refractivity contribution >= 4 is 21.8 Å². The average molecular weight is 329 g/mol. The van der Waals surface area contributed by atoms with Gasteiger partial charge in [0, 0.05) is 17.6 Å². The monoisotopic (exact) mass is 328 g/mol. The molecular formula is C14H18BrFN2O. The zero-order chi connectivity index (χ0) is 13.8. The number of benzene rings is 1. The second kappa shape index (κ2) is 6.48. The predicted octanol–water partition coefficient (Wildman–Crippen LogP) is 2.66. The molecule has 104 valence electrons. The molecule has 3 nitrogen and oxygen atoms in total. The SMILES string of the molecule is CNC[C@H]1CCCN(C(=O)c2cc(Br)ccc2F)C1. The van der Waals surface area contributed by atoms with Gasteiger partial charge in [-0.05, 0) is 50.6 Å². The maximum Gasteiger partial charge on any atom is 0.256 e. The number of carbonyl (C=O) groups is 1. The van der Waals surface area contributed by atoms with E-state index < -0.39 is 5.82 Å². The van der Waals surface area contributed by atoms with Crippen LogP contribution in [0, 0.1) is 11.7 Å². The molecule has 1 saturated heterocycles. The molecule has 19 heavy (non-hydrogen) atoms. The molecule has 1 aliphatic heterocycles. The first-order chi connectivity index (χ1) is 9.11. The number of rotatable bonds is 3. The second-order valence-electron chi connectivity index (χ2n) is 4.94. The van der Waals surface area contributed by atoms with E-state index >= 15 is 0 Å². The molecule has 0 spiro atoms. The van der Waals surface area contributed by atoms with Crippen molar-refractivity contribution < 1.29 is 9.18 Å². The highest BCUT2D eigenvalue weighted by atomic mass is 79.9. The summed E-state index contributed by atoms with van der Waals surface area (Å²) < 4.78 is 14.5. The summed E-state index contributed by atoms with van der Waals surface area (Å²) in [4.78, 5) is 14.1. The average Bonchev–Trinajstić information content (AvgIpc) is 2.41. The number of halogens is 2. The molecule has 5 heteroatoms. The summed E-state index contributed by atoms with van der Waals surface area (Å²) in [6.07, 6.45) is 2.10. The minimum atomic E-state index is -0.455. The zero-order valence-electron chi connectivity index (χ0n) is 11.0. The quantitative estimate of drug-likeness (QED) is 0.925. The van der Waals surface area contributed by atoms with Gasteiger partial charge >= 0.3 is 0 Å². The fourth-order valence-corrected chi connectivity index (χ4v) is 2.90. The largest absolute Gasteiger partial charge is 0.338 e. The van der Waals surface area contributed by atoms with Gasteiger partial charge < -0.3 is 10.2 Å². The summed E-state index contributed by atoms with van der Waals surface area (Å²) in [5.41, 5.74) is 0.152. The molecule has 1 atom stereocenters. The number of hydrogen-bond acceptors (Lipinski definition) is 2. The van der Waals surface area contributed by atoms with Gasteiger partial charge in [-0.1, -0.05) is 15.9 Å². The third-order valence-corrected chi connectivity index (χ3v) is 3.95. The molecular weight excluding hydrogens is 311 g/mol. The Balaban J connectivity index is 2.12. The molecule has 1 aliphatic rings. The Bertz CT molecular complexity index is 465. The van der Waals surface area contributed by atoms with Crippen molar-refractivity contribution in [1.82, 2.24) is 10.2 Å². The van der Waals surface area contributed by atoms with E-state index in [9.17, 15) is 9.18 Å². The highest BCUT2D eigenvalue weighted by Crippen LogP contribution is 2.21. The smallest absolute Gasteiger partial charge is 0.256 e. The lowest BCUT2D eigenvalue weighted by molar-refractivity contribution is 0.0669. The van der Waals surface area contributed by atoms with Crippen LogP contribution in [-0.4, -0.2) is 37.5 Å². The van der Waals surface area contributed by atoms with E-state index in [1.807, 2.05) is 7.05 Å². The summed E-state index contributed by atoms with van der Waals surface area (Å²) >= 11 is 3.28. The molecule has 0 unspecified atom stereocenters. The zero-order valence-corrected chi connectivity index (χ0v) is 12.5. The molecule has 1 fully saturated rings. The molecule has 1 N–H and O–H groups in total. The van der Waals surface area contributed by atoms with Crippen LogP contribution in [0.1, 0.15) is 23.2 Å². The van der Waals surface area contributed by atoms with Crippen molar-refractivity contribution in [2.45, 2.75) is 12.8 Å². The number of hydrogen-bond donors (Lipinski definition) is 1. The lowest BCUT2D eigenvalue weighted by Gasteiger charge is -2.32. The van der Waals surface area contributed by atoms with Gasteiger partial charge in [-0.15, -0.1) is 0 Å². The lowest BCUT2D eigenvalue weighted by Crippen LogP contribution is -2.42. The van der Waals surface area contributed by atoms with Crippen LogP contribution in [0.3, 0.4) is 0 Å². The van der Waals surface area contributed by atoms with Crippen molar-refractivity contribution in [3.05, 3.63) is 34.1 Å². The van der Waals surface area contributed by atoms with Gasteiger partial charge in [-0.25, -0.2) is 4.39 Å². The van der Waals surface area contributed by atoms with Gasteiger partial charge in [-0.3, -0.25) is 4.79 Å². The van der Waals surface area contributed by atoms with Crippen molar-refractivity contribution in [3.8, 4) is 0 Å². The van der Waals surface area contributed by atoms with Crippen LogP contribution in [0.2, 0.25) is 0 Å². The highest BCUT2D eigenvalue weighted by Gasteiger charge is 2.25. The van der Waals surface area contributed by atoms with E-state index in [-0.39, 0.29) is 11.5 Å². The van der Waals surface area contributed by atoms with Crippen LogP contribution in [0.25, 0.3) is 0 Å². The molecule has 0 bridgehead atoms. The topological polar surface area (TPSA) is 32.3 Å². The standard InChI is InChI=1S/C14H18BrFN2O/c1-17-8-10-3-2-6-18(9-10)14(19)12-7-11(15)4-5-13(12)16/h4-5,7,10,17H,2-3,6,8-9H2,1H3/t10-/m1/s1. The first kappa shape index (κ1) is 14.5. The summed E-state index contributed by atoms with van der Waals surface area (Å²) in [6, 6.07) is 4.48. The van der Waals surface area contributed by atoms with E-state index in [4.69, 9.17) is 0 Å². The molecule has 0 radical (unpaired) electrons. The molecule has 1 amide bonds. The van der Waals surface area contributed by atoms with Crippen LogP contribution in [0.5, 0.6) is 0 Å². The Morgan fingerprint density at radius 3 is 3.11 bits per heavy atom. The van der Waals surface area contributed by atoms with Crippen LogP contribution in [-0.2, 0) is 0 Å². The molecule has 1 aromatic carbocycles. The Morgan fingerprint density at radius 1 is 1.58 bits per heavy atom. The number of carbonyl (C=O) groups excluding carboxylic acids is 1. The lowest BCUT2D eigenvalue weighted by atomic mass is 9.97. The number of amides is 1. The van der Waals surface area contributed by atoms with Gasteiger partial charge in [0.2, 0.25) is 0 Å². The van der Waals surface area contributed by atoms with E-state index in [1.54, 1.807) is 17.0 Å². The van der Waals surface area contributed by atoms with Gasteiger partial charge in [0.1, 0.15) is 5.82 Å². The molecule has 2 rings (SSSR count). The summed E-state index contributed by atoms with van der Waals surface area (Å²) in [5.74, 6) is -0.207. The molecule has 1 aromatic rings. The number of nitrogens with zero attached hydrogens (tertiary/aromatic N) is 1. The molecule has 0 aromatic heterocycles. The third kappa shape index (κ3) is 3.54. The highest BCUT2D eigenvalue weighted by molar-refractivity contribution is 9.10. The Kier molecular flexibility index (Phi) is 4.93. The van der Waals surface area contributed by atoms with Crippen molar-refractivity contribution in [1.29, 1.82) is 0 Å². The van der Waals surface area contributed by atoms with Crippen molar-refractivity contribution in [2.24, 2.45) is 5.92 Å². The Morgan fingerprint density at radius 2 is 2.37 bits per heavy atom. The van der Waals surface area contributed by atoms with Crippen LogP contribution < -0.4 is 5.32 Å². The van der Waals surface area contributed by atoms with Gasteiger partial charge in [0.25, 0.3) is 5.91 Å². The van der Waals surface area contributed by atoms with Crippen LogP contribution in [0.4, 0.5) is 4.39 Å². The Labute approximate surface area is 121 Å². The van der Waals surface area contributed by atoms with E-state index in [1.165, 1.54) is 6.07 Å². The van der Waals surface area contributed by atoms with E-state index in [2.05, 4.69) is 21.2 Å². The summed E-state index contributed by atoms with van der Waals surface area (Å²) in [5, 5.41) is 3.14. The van der Waals surface area contributed by atoms with Gasteiger partial charge in [0.05, 0.1) is 5.56 Å². The number of nitrogens with one attached hydrogen (secondary N) is 1. The summed E-state index contributed by atoms with van der Waals surface area (Å²) in [6.45, 7) is 2.31. The first-order valence-corrected chi connectivity index (χ1v) is 7.30. The number of likely N-dealkylation sites (tertiary alicyclic amines) is 1. The van der Waals surface area contributed by atoms with Gasteiger partial charge in [-0.2, -0.15) is 0 Å². The van der Waals surface area contributed by atoms with Crippen LogP contribution >= 0.6 is 15.9 Å². The molecule has 0 saturated carbocycles. The summed E-state index contributed by atoms with van der Waals surface area (Å²) in [7, 11) is 1.91. The predicted molar refractivity (Wildman–Crippen MR) is 76.7 cm³/mol. The molecule has 0 aliphatic carbocycles.